The molecule has 1 aliphatic carbocycles. The van der Waals surface area contributed by atoms with E-state index >= 15 is 0 Å². The summed E-state index contributed by atoms with van der Waals surface area (Å²) in [6.45, 7) is 0.903. The van der Waals surface area contributed by atoms with Gasteiger partial charge in [0.05, 0.1) is 6.04 Å². The van der Waals surface area contributed by atoms with Gasteiger partial charge in [-0.05, 0) is 48.1 Å². The van der Waals surface area contributed by atoms with Gasteiger partial charge in [-0.25, -0.2) is 9.97 Å². The predicted molar refractivity (Wildman–Crippen MR) is 96.2 cm³/mol. The maximum Gasteiger partial charge on any atom is 0.451 e. The number of halogens is 3. The smallest absolute Gasteiger partial charge is 0.366 e. The summed E-state index contributed by atoms with van der Waals surface area (Å²) < 4.78 is 37.9. The molecule has 1 aliphatic heterocycles. The van der Waals surface area contributed by atoms with E-state index in [0.717, 1.165) is 25.4 Å². The van der Waals surface area contributed by atoms with E-state index in [0.29, 0.717) is 28.5 Å². The van der Waals surface area contributed by atoms with Crippen LogP contribution in [0.5, 0.6) is 0 Å². The van der Waals surface area contributed by atoms with Gasteiger partial charge in [0, 0.05) is 30.1 Å². The summed E-state index contributed by atoms with van der Waals surface area (Å²) in [4.78, 5) is 30.8. The van der Waals surface area contributed by atoms with Gasteiger partial charge in [0.15, 0.2) is 0 Å². The Balaban J connectivity index is 1.54. The number of rotatable bonds is 5. The fourth-order valence-electron chi connectivity index (χ4n) is 3.71. The van der Waals surface area contributed by atoms with Crippen LogP contribution < -0.4 is 16.4 Å². The first-order valence-electron chi connectivity index (χ1n) is 9.07. The lowest BCUT2D eigenvalue weighted by molar-refractivity contribution is -0.145. The van der Waals surface area contributed by atoms with Crippen LogP contribution in [0, 0.1) is 11.8 Å². The maximum absolute atomic E-state index is 12.6. The van der Waals surface area contributed by atoms with Crippen LogP contribution in [0.4, 0.5) is 13.2 Å². The molecule has 2 aliphatic rings. The van der Waals surface area contributed by atoms with E-state index < -0.39 is 17.9 Å². The fourth-order valence-corrected chi connectivity index (χ4v) is 3.71. The highest BCUT2D eigenvalue weighted by molar-refractivity contribution is 5.95. The molecule has 4 N–H and O–H groups in total. The Morgan fingerprint density at radius 2 is 1.93 bits per heavy atom. The fraction of sp³-hybridized carbons (Fsp3) is 0.368. The molecule has 0 spiro atoms. The second-order valence-corrected chi connectivity index (χ2v) is 7.29. The molecule has 1 aromatic heterocycles. The largest absolute Gasteiger partial charge is 0.451 e. The maximum atomic E-state index is 12.6. The summed E-state index contributed by atoms with van der Waals surface area (Å²) in [5, 5.41) is 5.98. The van der Waals surface area contributed by atoms with Gasteiger partial charge >= 0.3 is 6.18 Å². The number of nitrogens with zero attached hydrogens (tertiary/aromatic N) is 2. The molecule has 29 heavy (non-hydrogen) atoms. The van der Waals surface area contributed by atoms with E-state index in [4.69, 9.17) is 5.73 Å². The molecule has 0 bridgehead atoms. The molecular formula is C19H18F3N5O2. The van der Waals surface area contributed by atoms with Crippen molar-refractivity contribution in [2.45, 2.75) is 25.2 Å². The van der Waals surface area contributed by atoms with Gasteiger partial charge in [0.2, 0.25) is 17.6 Å². The van der Waals surface area contributed by atoms with Crippen molar-refractivity contribution in [3.63, 3.8) is 0 Å². The van der Waals surface area contributed by atoms with Crippen molar-refractivity contribution in [3.05, 3.63) is 47.5 Å². The SMILES string of the molecule is NC(=O)c1ccc(-c2cnc(C(F)(F)F)nc2)cc1CNC(=O)[C@H]1NC[C@@H]2C[C@@H]21. The first-order chi connectivity index (χ1) is 13.7. The molecule has 152 valence electrons. The number of amides is 2. The third-order valence-corrected chi connectivity index (χ3v) is 5.35. The molecule has 1 saturated carbocycles. The standard InChI is InChI=1S/C19H18F3N5O2/c20-19(21,22)18-26-7-12(8-27-18)9-1-2-13(16(23)28)10(3-9)6-25-17(29)15-14-4-11(14)5-24-15/h1-3,7-8,11,14-15,24H,4-6H2,(H2,23,28)(H,25,29)/t11-,14-,15-/m0/s1. The van der Waals surface area contributed by atoms with Crippen molar-refractivity contribution in [2.75, 3.05) is 6.54 Å². The minimum Gasteiger partial charge on any atom is -0.366 e. The van der Waals surface area contributed by atoms with Crippen LogP contribution in [0.1, 0.15) is 28.2 Å². The summed E-state index contributed by atoms with van der Waals surface area (Å²) in [6, 6.07) is 4.38. The molecule has 0 unspecified atom stereocenters. The normalized spacial score (nSPS) is 22.8. The Kier molecular flexibility index (Phi) is 4.73. The highest BCUT2D eigenvalue weighted by Gasteiger charge is 2.50. The Labute approximate surface area is 163 Å². The van der Waals surface area contributed by atoms with E-state index in [1.165, 1.54) is 6.07 Å². The molecule has 2 aromatic rings. The van der Waals surface area contributed by atoms with E-state index in [-0.39, 0.29) is 24.1 Å². The van der Waals surface area contributed by atoms with Crippen LogP contribution in [0.3, 0.4) is 0 Å². The van der Waals surface area contributed by atoms with Crippen molar-refractivity contribution in [1.29, 1.82) is 0 Å². The van der Waals surface area contributed by atoms with Gasteiger partial charge < -0.3 is 16.4 Å². The number of alkyl halides is 3. The Morgan fingerprint density at radius 1 is 1.21 bits per heavy atom. The molecule has 2 fully saturated rings. The third kappa shape index (κ3) is 3.93. The molecule has 7 nitrogen and oxygen atoms in total. The summed E-state index contributed by atoms with van der Waals surface area (Å²) >= 11 is 0. The van der Waals surface area contributed by atoms with Crippen LogP contribution >= 0.6 is 0 Å². The lowest BCUT2D eigenvalue weighted by Crippen LogP contribution is -2.42. The monoisotopic (exact) mass is 405 g/mol. The summed E-state index contributed by atoms with van der Waals surface area (Å²) in [5.74, 6) is -1.11. The van der Waals surface area contributed by atoms with E-state index in [9.17, 15) is 22.8 Å². The molecule has 2 amide bonds. The number of nitrogens with one attached hydrogen (secondary N) is 2. The molecule has 0 radical (unpaired) electrons. The first-order valence-corrected chi connectivity index (χ1v) is 9.07. The van der Waals surface area contributed by atoms with Gasteiger partial charge in [0.1, 0.15) is 0 Å². The van der Waals surface area contributed by atoms with Crippen LogP contribution in [0.15, 0.2) is 30.6 Å². The average molecular weight is 405 g/mol. The van der Waals surface area contributed by atoms with Crippen LogP contribution in [0.25, 0.3) is 11.1 Å². The molecule has 2 heterocycles. The second kappa shape index (κ2) is 7.11. The molecule has 3 atom stereocenters. The lowest BCUT2D eigenvalue weighted by Gasteiger charge is -2.15. The van der Waals surface area contributed by atoms with Gasteiger partial charge in [-0.1, -0.05) is 6.07 Å². The lowest BCUT2D eigenvalue weighted by atomic mass is 10.00. The van der Waals surface area contributed by atoms with E-state index in [1.807, 2.05) is 0 Å². The number of carbonyl (C=O) groups excluding carboxylic acids is 2. The number of piperidine rings is 1. The minimum absolute atomic E-state index is 0.0714. The quantitative estimate of drug-likeness (QED) is 0.698. The van der Waals surface area contributed by atoms with Crippen LogP contribution in [-0.2, 0) is 17.5 Å². The summed E-state index contributed by atoms with van der Waals surface area (Å²) in [7, 11) is 0. The van der Waals surface area contributed by atoms with Crippen molar-refractivity contribution in [1.82, 2.24) is 20.6 Å². The topological polar surface area (TPSA) is 110 Å². The van der Waals surface area contributed by atoms with Gasteiger partial charge in [-0.15, -0.1) is 0 Å². The predicted octanol–water partition coefficient (Wildman–Crippen LogP) is 1.49. The zero-order valence-electron chi connectivity index (χ0n) is 15.2. The van der Waals surface area contributed by atoms with Crippen LogP contribution in [-0.4, -0.2) is 34.4 Å². The number of hydrogen-bond acceptors (Lipinski definition) is 5. The van der Waals surface area contributed by atoms with Crippen molar-refractivity contribution >= 4 is 11.8 Å². The summed E-state index contributed by atoms with van der Waals surface area (Å²) in [5.41, 5.74) is 6.96. The summed E-state index contributed by atoms with van der Waals surface area (Å²) in [6.07, 6.45) is -1.46. The highest BCUT2D eigenvalue weighted by Crippen LogP contribution is 2.45. The molecule has 4 rings (SSSR count). The molecule has 1 saturated heterocycles. The van der Waals surface area contributed by atoms with Crippen molar-refractivity contribution in [2.24, 2.45) is 17.6 Å². The minimum atomic E-state index is -4.63. The number of aromatic nitrogens is 2. The number of nitrogens with two attached hydrogens (primary N) is 1. The zero-order chi connectivity index (χ0) is 20.8. The number of benzene rings is 1. The zero-order valence-corrected chi connectivity index (χ0v) is 15.2. The number of primary amides is 1. The first kappa shape index (κ1) is 19.3. The Bertz CT molecular complexity index is 961. The third-order valence-electron chi connectivity index (χ3n) is 5.35. The Hall–Kier alpha value is -3.01. The highest BCUT2D eigenvalue weighted by atomic mass is 19.4. The molecule has 1 aromatic carbocycles. The molecule has 10 heteroatoms. The number of carbonyl (C=O) groups is 2. The number of hydrogen-bond donors (Lipinski definition) is 3. The van der Waals surface area contributed by atoms with E-state index in [1.54, 1.807) is 12.1 Å². The van der Waals surface area contributed by atoms with Gasteiger partial charge in [-0.3, -0.25) is 9.59 Å². The number of fused-ring (bicyclic) bond motifs is 1. The van der Waals surface area contributed by atoms with Gasteiger partial charge in [-0.2, -0.15) is 13.2 Å². The average Bonchev–Trinajstić information content (AvgIpc) is 3.34. The second-order valence-electron chi connectivity index (χ2n) is 7.29. The van der Waals surface area contributed by atoms with Crippen molar-refractivity contribution < 1.29 is 22.8 Å². The van der Waals surface area contributed by atoms with E-state index in [2.05, 4.69) is 20.6 Å². The van der Waals surface area contributed by atoms with Crippen LogP contribution in [0.2, 0.25) is 0 Å². The van der Waals surface area contributed by atoms with Gasteiger partial charge in [0.25, 0.3) is 0 Å². The Morgan fingerprint density at radius 3 is 2.48 bits per heavy atom. The van der Waals surface area contributed by atoms with Crippen molar-refractivity contribution in [3.8, 4) is 11.1 Å². The molecular weight excluding hydrogens is 387 g/mol.